The summed E-state index contributed by atoms with van der Waals surface area (Å²) < 4.78 is 10.4. The Morgan fingerprint density at radius 3 is 2.84 bits per heavy atom. The molecule has 2 aromatic rings. The highest BCUT2D eigenvalue weighted by Gasteiger charge is 2.14. The van der Waals surface area contributed by atoms with E-state index in [-0.39, 0.29) is 5.91 Å². The number of aryl methyl sites for hydroxylation is 2. The molecule has 102 valence electrons. The monoisotopic (exact) mass is 263 g/mol. The van der Waals surface area contributed by atoms with Gasteiger partial charge in [-0.15, -0.1) is 0 Å². The number of aliphatic hydroxyl groups is 1. The predicted molar refractivity (Wildman–Crippen MR) is 68.8 cm³/mol. The summed E-state index contributed by atoms with van der Waals surface area (Å²) in [7, 11) is 0. The lowest BCUT2D eigenvalue weighted by Crippen LogP contribution is -2.25. The highest BCUT2D eigenvalue weighted by atomic mass is 16.4. The zero-order chi connectivity index (χ0) is 13.8. The van der Waals surface area contributed by atoms with Crippen molar-refractivity contribution in [3.05, 3.63) is 47.3 Å². The number of carbonyl (C=O) groups is 1. The fraction of sp³-hybridized carbons (Fsp3) is 0.357. The lowest BCUT2D eigenvalue weighted by Gasteiger charge is -2.08. The summed E-state index contributed by atoms with van der Waals surface area (Å²) in [6, 6.07) is 5.12. The van der Waals surface area contributed by atoms with Gasteiger partial charge in [-0.2, -0.15) is 0 Å². The number of amides is 1. The quantitative estimate of drug-likeness (QED) is 0.868. The fourth-order valence-electron chi connectivity index (χ4n) is 1.90. The van der Waals surface area contributed by atoms with Crippen molar-refractivity contribution >= 4 is 5.91 Å². The van der Waals surface area contributed by atoms with Crippen LogP contribution in [0.5, 0.6) is 0 Å². The van der Waals surface area contributed by atoms with Crippen LogP contribution in [0.25, 0.3) is 0 Å². The minimum Gasteiger partial charge on any atom is -0.467 e. The second-order valence-corrected chi connectivity index (χ2v) is 4.40. The Balaban J connectivity index is 1.83. The fourth-order valence-corrected chi connectivity index (χ4v) is 1.90. The van der Waals surface area contributed by atoms with E-state index < -0.39 is 6.10 Å². The van der Waals surface area contributed by atoms with Crippen molar-refractivity contribution in [1.29, 1.82) is 0 Å². The van der Waals surface area contributed by atoms with Crippen molar-refractivity contribution in [2.24, 2.45) is 0 Å². The summed E-state index contributed by atoms with van der Waals surface area (Å²) in [6.07, 6.45) is 1.20. The molecule has 0 fully saturated rings. The average molecular weight is 263 g/mol. The van der Waals surface area contributed by atoms with Crippen molar-refractivity contribution in [2.45, 2.75) is 26.4 Å². The summed E-state index contributed by atoms with van der Waals surface area (Å²) >= 11 is 0. The molecule has 19 heavy (non-hydrogen) atoms. The third-order valence-corrected chi connectivity index (χ3v) is 2.86. The van der Waals surface area contributed by atoms with E-state index in [1.54, 1.807) is 32.0 Å². The van der Waals surface area contributed by atoms with Crippen molar-refractivity contribution in [2.75, 3.05) is 6.54 Å². The molecule has 2 N–H and O–H groups in total. The zero-order valence-electron chi connectivity index (χ0n) is 11.0. The van der Waals surface area contributed by atoms with Crippen molar-refractivity contribution in [3.8, 4) is 0 Å². The Labute approximate surface area is 111 Å². The van der Waals surface area contributed by atoms with Gasteiger partial charge in [-0.1, -0.05) is 0 Å². The summed E-state index contributed by atoms with van der Waals surface area (Å²) in [6.45, 7) is 3.91. The molecule has 0 saturated carbocycles. The Hall–Kier alpha value is -2.01. The molecule has 0 radical (unpaired) electrons. The third kappa shape index (κ3) is 3.26. The topological polar surface area (TPSA) is 75.6 Å². The number of nitrogens with one attached hydrogen (secondary N) is 1. The zero-order valence-corrected chi connectivity index (χ0v) is 11.0. The molecule has 5 heteroatoms. The van der Waals surface area contributed by atoms with Crippen molar-refractivity contribution in [3.63, 3.8) is 0 Å². The molecular formula is C14H17NO4. The molecule has 0 aliphatic rings. The van der Waals surface area contributed by atoms with Gasteiger partial charge in [0, 0.05) is 6.54 Å². The average Bonchev–Trinajstić information content (AvgIpc) is 2.98. The molecule has 0 spiro atoms. The lowest BCUT2D eigenvalue weighted by molar-refractivity contribution is 0.0934. The van der Waals surface area contributed by atoms with Crippen LogP contribution in [0.1, 0.15) is 40.2 Å². The second kappa shape index (κ2) is 5.75. The summed E-state index contributed by atoms with van der Waals surface area (Å²) in [5, 5.41) is 12.5. The molecule has 2 aromatic heterocycles. The number of hydrogen-bond donors (Lipinski definition) is 2. The van der Waals surface area contributed by atoms with Gasteiger partial charge < -0.3 is 19.3 Å². The smallest absolute Gasteiger partial charge is 0.254 e. The molecule has 2 rings (SSSR count). The number of rotatable bonds is 5. The van der Waals surface area contributed by atoms with Crippen LogP contribution in [0.4, 0.5) is 0 Å². The van der Waals surface area contributed by atoms with Crippen LogP contribution >= 0.6 is 0 Å². The SMILES string of the molecule is Cc1cc(C(=O)NCC[C@@H](O)c2ccco2)c(C)o1. The maximum atomic E-state index is 11.9. The highest BCUT2D eigenvalue weighted by Crippen LogP contribution is 2.16. The Morgan fingerprint density at radius 1 is 1.47 bits per heavy atom. The second-order valence-electron chi connectivity index (χ2n) is 4.40. The van der Waals surface area contributed by atoms with E-state index in [1.165, 1.54) is 6.26 Å². The summed E-state index contributed by atoms with van der Waals surface area (Å²) in [5.74, 6) is 1.62. The molecule has 2 heterocycles. The van der Waals surface area contributed by atoms with Crippen LogP contribution in [-0.4, -0.2) is 17.6 Å². The van der Waals surface area contributed by atoms with Gasteiger partial charge in [0.1, 0.15) is 23.4 Å². The minimum atomic E-state index is -0.706. The maximum Gasteiger partial charge on any atom is 0.254 e. The molecule has 1 atom stereocenters. The number of carbonyl (C=O) groups excluding carboxylic acids is 1. The lowest BCUT2D eigenvalue weighted by atomic mass is 10.2. The molecule has 0 aromatic carbocycles. The Kier molecular flexibility index (Phi) is 4.06. The molecule has 0 saturated heterocycles. The van der Waals surface area contributed by atoms with Crippen LogP contribution in [0.3, 0.4) is 0 Å². The van der Waals surface area contributed by atoms with Gasteiger partial charge in [-0.25, -0.2) is 0 Å². The van der Waals surface area contributed by atoms with E-state index in [9.17, 15) is 9.90 Å². The van der Waals surface area contributed by atoms with Gasteiger partial charge in [0.15, 0.2) is 0 Å². The molecule has 5 nitrogen and oxygen atoms in total. The van der Waals surface area contributed by atoms with Gasteiger partial charge in [0.25, 0.3) is 5.91 Å². The van der Waals surface area contributed by atoms with E-state index in [0.29, 0.717) is 35.8 Å². The Bertz CT molecular complexity index is 542. The molecule has 0 aliphatic heterocycles. The first-order chi connectivity index (χ1) is 9.08. The first-order valence-corrected chi connectivity index (χ1v) is 6.14. The summed E-state index contributed by atoms with van der Waals surface area (Å²) in [4.78, 5) is 11.9. The van der Waals surface area contributed by atoms with Gasteiger partial charge in [-0.05, 0) is 38.5 Å². The van der Waals surface area contributed by atoms with E-state index in [2.05, 4.69) is 5.32 Å². The summed E-state index contributed by atoms with van der Waals surface area (Å²) in [5.41, 5.74) is 0.532. The van der Waals surface area contributed by atoms with Crippen LogP contribution in [0.15, 0.2) is 33.3 Å². The number of aliphatic hydroxyl groups excluding tert-OH is 1. The molecule has 0 unspecified atom stereocenters. The van der Waals surface area contributed by atoms with Crippen LogP contribution in [0, 0.1) is 13.8 Å². The van der Waals surface area contributed by atoms with E-state index in [4.69, 9.17) is 8.83 Å². The highest BCUT2D eigenvalue weighted by molar-refractivity contribution is 5.95. The van der Waals surface area contributed by atoms with Crippen molar-refractivity contribution in [1.82, 2.24) is 5.32 Å². The van der Waals surface area contributed by atoms with Crippen LogP contribution in [-0.2, 0) is 0 Å². The third-order valence-electron chi connectivity index (χ3n) is 2.86. The van der Waals surface area contributed by atoms with Gasteiger partial charge >= 0.3 is 0 Å². The largest absolute Gasteiger partial charge is 0.467 e. The van der Waals surface area contributed by atoms with Crippen molar-refractivity contribution < 1.29 is 18.7 Å². The van der Waals surface area contributed by atoms with Crippen LogP contribution < -0.4 is 5.32 Å². The van der Waals surface area contributed by atoms with E-state index in [1.807, 2.05) is 0 Å². The number of hydrogen-bond acceptors (Lipinski definition) is 4. The van der Waals surface area contributed by atoms with Gasteiger partial charge in [0.05, 0.1) is 11.8 Å². The maximum absolute atomic E-state index is 11.9. The molecule has 1 amide bonds. The normalized spacial score (nSPS) is 12.4. The van der Waals surface area contributed by atoms with Crippen LogP contribution in [0.2, 0.25) is 0 Å². The molecule has 0 bridgehead atoms. The Morgan fingerprint density at radius 2 is 2.26 bits per heavy atom. The first kappa shape index (κ1) is 13.4. The molecule has 0 aliphatic carbocycles. The minimum absolute atomic E-state index is 0.194. The van der Waals surface area contributed by atoms with Gasteiger partial charge in [0.2, 0.25) is 0 Å². The standard InChI is InChI=1S/C14H17NO4/c1-9-8-11(10(2)19-9)14(17)15-6-5-12(16)13-4-3-7-18-13/h3-4,7-8,12,16H,5-6H2,1-2H3,(H,15,17)/t12-/m1/s1. The van der Waals surface area contributed by atoms with Gasteiger partial charge in [-0.3, -0.25) is 4.79 Å². The van der Waals surface area contributed by atoms with E-state index in [0.717, 1.165) is 0 Å². The van der Waals surface area contributed by atoms with E-state index >= 15 is 0 Å². The predicted octanol–water partition coefficient (Wildman–Crippen LogP) is 2.34. The first-order valence-electron chi connectivity index (χ1n) is 6.14. The number of furan rings is 2. The molecular weight excluding hydrogens is 246 g/mol.